The van der Waals surface area contributed by atoms with Gasteiger partial charge in [0.05, 0.1) is 15.8 Å². The lowest BCUT2D eigenvalue weighted by molar-refractivity contribution is 0.0940. The Morgan fingerprint density at radius 1 is 1.65 bits per heavy atom. The van der Waals surface area contributed by atoms with Crippen molar-refractivity contribution in [2.24, 2.45) is 0 Å². The molecule has 0 unspecified atom stereocenters. The first kappa shape index (κ1) is 12.1. The number of nitrogens with zero attached hydrogens (tertiary/aromatic N) is 2. The Hall–Kier alpha value is -1.33. The van der Waals surface area contributed by atoms with E-state index in [1.165, 1.54) is 11.3 Å². The van der Waals surface area contributed by atoms with Crippen LogP contribution in [0.15, 0.2) is 30.6 Å². The number of nitrogens with one attached hydrogen (secondary N) is 1. The van der Waals surface area contributed by atoms with Crippen molar-refractivity contribution in [2.75, 3.05) is 0 Å². The first-order valence-electron chi connectivity index (χ1n) is 5.19. The molecule has 2 rings (SSSR count). The minimum atomic E-state index is -0.0958. The third-order valence-electron chi connectivity index (χ3n) is 2.19. The standard InChI is InChI=1S/C11H12ClN3OS/c1-8(7-15-6-2-5-13-15)14-11(16)9-3-4-10(12)17-9/h2-6,8H,7H2,1H3,(H,14,16)/t8-/m1/s1. The van der Waals surface area contributed by atoms with E-state index in [1.54, 1.807) is 23.0 Å². The maximum Gasteiger partial charge on any atom is 0.261 e. The largest absolute Gasteiger partial charge is 0.347 e. The van der Waals surface area contributed by atoms with Gasteiger partial charge in [-0.3, -0.25) is 9.48 Å². The summed E-state index contributed by atoms with van der Waals surface area (Å²) >= 11 is 7.06. The lowest BCUT2D eigenvalue weighted by atomic mass is 10.3. The summed E-state index contributed by atoms with van der Waals surface area (Å²) < 4.78 is 2.40. The quantitative estimate of drug-likeness (QED) is 0.927. The summed E-state index contributed by atoms with van der Waals surface area (Å²) in [4.78, 5) is 12.4. The molecular formula is C11H12ClN3OS. The molecule has 90 valence electrons. The Morgan fingerprint density at radius 3 is 3.06 bits per heavy atom. The van der Waals surface area contributed by atoms with Gasteiger partial charge < -0.3 is 5.32 Å². The molecule has 0 saturated carbocycles. The number of rotatable bonds is 4. The van der Waals surface area contributed by atoms with Crippen molar-refractivity contribution in [3.05, 3.63) is 39.8 Å². The summed E-state index contributed by atoms with van der Waals surface area (Å²) in [6, 6.07) is 5.32. The van der Waals surface area contributed by atoms with Gasteiger partial charge in [0.1, 0.15) is 0 Å². The third-order valence-corrected chi connectivity index (χ3v) is 3.42. The zero-order chi connectivity index (χ0) is 12.3. The molecule has 2 aromatic heterocycles. The van der Waals surface area contributed by atoms with Gasteiger partial charge in [-0.25, -0.2) is 0 Å². The summed E-state index contributed by atoms with van der Waals surface area (Å²) in [6.45, 7) is 2.59. The fourth-order valence-electron chi connectivity index (χ4n) is 1.47. The number of carbonyl (C=O) groups is 1. The predicted octanol–water partition coefficient (Wildman–Crippen LogP) is 2.42. The van der Waals surface area contributed by atoms with Crippen LogP contribution in [0.2, 0.25) is 4.34 Å². The molecule has 1 amide bonds. The van der Waals surface area contributed by atoms with E-state index in [0.29, 0.717) is 15.8 Å². The molecule has 0 radical (unpaired) electrons. The highest BCUT2D eigenvalue weighted by Gasteiger charge is 2.12. The van der Waals surface area contributed by atoms with E-state index >= 15 is 0 Å². The summed E-state index contributed by atoms with van der Waals surface area (Å²) in [5.41, 5.74) is 0. The molecule has 17 heavy (non-hydrogen) atoms. The van der Waals surface area contributed by atoms with Gasteiger partial charge in [0, 0.05) is 18.4 Å². The Kier molecular flexibility index (Phi) is 3.81. The molecule has 0 saturated heterocycles. The molecule has 1 N–H and O–H groups in total. The zero-order valence-electron chi connectivity index (χ0n) is 9.26. The van der Waals surface area contributed by atoms with Crippen LogP contribution in [0.1, 0.15) is 16.6 Å². The Balaban J connectivity index is 1.90. The molecule has 0 aromatic carbocycles. The molecule has 0 bridgehead atoms. The maximum atomic E-state index is 11.8. The molecule has 2 heterocycles. The topological polar surface area (TPSA) is 46.9 Å². The molecular weight excluding hydrogens is 258 g/mol. The Bertz CT molecular complexity index is 495. The monoisotopic (exact) mass is 269 g/mol. The molecule has 6 heteroatoms. The second kappa shape index (κ2) is 5.33. The minimum absolute atomic E-state index is 0.0169. The van der Waals surface area contributed by atoms with E-state index in [1.807, 2.05) is 19.2 Å². The van der Waals surface area contributed by atoms with Crippen LogP contribution in [-0.4, -0.2) is 21.7 Å². The van der Waals surface area contributed by atoms with Crippen molar-refractivity contribution in [3.8, 4) is 0 Å². The second-order valence-electron chi connectivity index (χ2n) is 3.71. The third kappa shape index (κ3) is 3.31. The van der Waals surface area contributed by atoms with Crippen molar-refractivity contribution < 1.29 is 4.79 Å². The van der Waals surface area contributed by atoms with Crippen LogP contribution in [0.5, 0.6) is 0 Å². The maximum absolute atomic E-state index is 11.8. The van der Waals surface area contributed by atoms with E-state index in [4.69, 9.17) is 11.6 Å². The van der Waals surface area contributed by atoms with Crippen molar-refractivity contribution in [3.63, 3.8) is 0 Å². The van der Waals surface area contributed by atoms with Crippen molar-refractivity contribution >= 4 is 28.8 Å². The molecule has 1 atom stereocenters. The number of hydrogen-bond acceptors (Lipinski definition) is 3. The van der Waals surface area contributed by atoms with E-state index in [-0.39, 0.29) is 11.9 Å². The van der Waals surface area contributed by atoms with Crippen LogP contribution in [0.4, 0.5) is 0 Å². The van der Waals surface area contributed by atoms with Crippen LogP contribution in [0.3, 0.4) is 0 Å². The highest BCUT2D eigenvalue weighted by molar-refractivity contribution is 7.17. The molecule has 0 aliphatic rings. The average Bonchev–Trinajstić information content (AvgIpc) is 2.89. The normalized spacial score (nSPS) is 12.4. The lowest BCUT2D eigenvalue weighted by Crippen LogP contribution is -2.35. The van der Waals surface area contributed by atoms with E-state index in [2.05, 4.69) is 10.4 Å². The van der Waals surface area contributed by atoms with Gasteiger partial charge in [-0.05, 0) is 25.1 Å². The molecule has 0 spiro atoms. The molecule has 2 aromatic rings. The number of amides is 1. The van der Waals surface area contributed by atoms with Crippen LogP contribution < -0.4 is 5.32 Å². The number of aromatic nitrogens is 2. The van der Waals surface area contributed by atoms with Crippen LogP contribution in [0, 0.1) is 0 Å². The highest BCUT2D eigenvalue weighted by Crippen LogP contribution is 2.21. The summed E-state index contributed by atoms with van der Waals surface area (Å²) in [5, 5.41) is 6.99. The van der Waals surface area contributed by atoms with Crippen molar-refractivity contribution in [2.45, 2.75) is 19.5 Å². The van der Waals surface area contributed by atoms with Gasteiger partial charge in [0.2, 0.25) is 0 Å². The number of hydrogen-bond donors (Lipinski definition) is 1. The number of halogens is 1. The lowest BCUT2D eigenvalue weighted by Gasteiger charge is -2.13. The number of carbonyl (C=O) groups excluding carboxylic acids is 1. The number of thiophene rings is 1. The van der Waals surface area contributed by atoms with Gasteiger partial charge >= 0.3 is 0 Å². The average molecular weight is 270 g/mol. The van der Waals surface area contributed by atoms with Gasteiger partial charge in [-0.1, -0.05) is 11.6 Å². The molecule has 0 fully saturated rings. The van der Waals surface area contributed by atoms with Gasteiger partial charge in [-0.2, -0.15) is 5.10 Å². The Morgan fingerprint density at radius 2 is 2.47 bits per heavy atom. The first-order valence-corrected chi connectivity index (χ1v) is 6.38. The Labute approximate surface area is 108 Å². The predicted molar refractivity (Wildman–Crippen MR) is 68.5 cm³/mol. The molecule has 0 aliphatic carbocycles. The summed E-state index contributed by atoms with van der Waals surface area (Å²) in [6.07, 6.45) is 3.58. The van der Waals surface area contributed by atoms with E-state index in [9.17, 15) is 4.79 Å². The minimum Gasteiger partial charge on any atom is -0.347 e. The van der Waals surface area contributed by atoms with Crippen LogP contribution in [-0.2, 0) is 6.54 Å². The van der Waals surface area contributed by atoms with Crippen molar-refractivity contribution in [1.82, 2.24) is 15.1 Å². The zero-order valence-corrected chi connectivity index (χ0v) is 10.8. The highest BCUT2D eigenvalue weighted by atomic mass is 35.5. The summed E-state index contributed by atoms with van der Waals surface area (Å²) in [5.74, 6) is -0.0958. The first-order chi connectivity index (χ1) is 8.15. The van der Waals surface area contributed by atoms with Gasteiger partial charge in [-0.15, -0.1) is 11.3 Å². The molecule has 0 aliphatic heterocycles. The SMILES string of the molecule is C[C@H](Cn1cccn1)NC(=O)c1ccc(Cl)s1. The molecule has 4 nitrogen and oxygen atoms in total. The van der Waals surface area contributed by atoms with Crippen LogP contribution >= 0.6 is 22.9 Å². The van der Waals surface area contributed by atoms with Crippen molar-refractivity contribution in [1.29, 1.82) is 0 Å². The smallest absolute Gasteiger partial charge is 0.261 e. The van der Waals surface area contributed by atoms with E-state index < -0.39 is 0 Å². The second-order valence-corrected chi connectivity index (χ2v) is 5.42. The van der Waals surface area contributed by atoms with Crippen LogP contribution in [0.25, 0.3) is 0 Å². The fourth-order valence-corrected chi connectivity index (χ4v) is 2.41. The fraction of sp³-hybridized carbons (Fsp3) is 0.273. The van der Waals surface area contributed by atoms with E-state index in [0.717, 1.165) is 0 Å². The summed E-state index contributed by atoms with van der Waals surface area (Å²) in [7, 11) is 0. The van der Waals surface area contributed by atoms with Gasteiger partial charge in [0.15, 0.2) is 0 Å². The van der Waals surface area contributed by atoms with Gasteiger partial charge in [0.25, 0.3) is 5.91 Å².